The van der Waals surface area contributed by atoms with Gasteiger partial charge in [-0.2, -0.15) is 8.42 Å². The molecule has 1 amide bonds. The van der Waals surface area contributed by atoms with Crippen molar-refractivity contribution in [3.63, 3.8) is 0 Å². The molecule has 10 nitrogen and oxygen atoms in total. The Labute approximate surface area is 179 Å². The van der Waals surface area contributed by atoms with Gasteiger partial charge in [-0.25, -0.2) is 20.6 Å². The van der Waals surface area contributed by atoms with Crippen LogP contribution in [0.3, 0.4) is 0 Å². The van der Waals surface area contributed by atoms with Crippen LogP contribution in [-0.4, -0.2) is 70.2 Å². The normalized spacial score (nSPS) is 20.9. The van der Waals surface area contributed by atoms with E-state index in [0.29, 0.717) is 31.6 Å². The number of anilines is 2. The second-order valence-corrected chi connectivity index (χ2v) is 9.12. The Morgan fingerprint density at radius 3 is 2.65 bits per heavy atom. The fourth-order valence-electron chi connectivity index (χ4n) is 3.76. The summed E-state index contributed by atoms with van der Waals surface area (Å²) in [4.78, 5) is 29.4. The highest BCUT2D eigenvalue weighted by atomic mass is 32.2. The Morgan fingerprint density at radius 2 is 2.10 bits per heavy atom. The van der Waals surface area contributed by atoms with Crippen molar-refractivity contribution in [1.82, 2.24) is 0 Å². The largest absolute Gasteiger partial charge is 0.476 e. The molecule has 1 aromatic carbocycles. The minimum atomic E-state index is -3.68. The summed E-state index contributed by atoms with van der Waals surface area (Å²) in [5.74, 6) is -1.97. The maximum absolute atomic E-state index is 14.8. The van der Waals surface area contributed by atoms with Crippen molar-refractivity contribution in [1.29, 1.82) is 0 Å². The highest BCUT2D eigenvalue weighted by Crippen LogP contribution is 2.31. The standard InChI is InChI=1S/C19H22FN3O7S/c1-21-17(18(24)25)12-5-7-22(8-6-12)16-4-3-13(9-15(16)20)23-10-14(30-19(23)26)11-29-31(2,27)28/h3-4,9,12,14,17H,5-8,10-11H2,2H3,(H,24,25)/t14-,17?/m1/s1. The van der Waals surface area contributed by atoms with Crippen molar-refractivity contribution in [3.8, 4) is 0 Å². The summed E-state index contributed by atoms with van der Waals surface area (Å²) >= 11 is 0. The molecule has 1 unspecified atom stereocenters. The first kappa shape index (κ1) is 22.8. The minimum absolute atomic E-state index is 0.0196. The number of amides is 1. The number of rotatable bonds is 7. The average Bonchev–Trinajstić information content (AvgIpc) is 3.07. The molecule has 2 heterocycles. The number of carbonyl (C=O) groups excluding carboxylic acids is 1. The highest BCUT2D eigenvalue weighted by molar-refractivity contribution is 7.85. The molecule has 3 rings (SSSR count). The quantitative estimate of drug-likeness (QED) is 0.488. The molecule has 0 bridgehead atoms. The number of cyclic esters (lactones) is 1. The summed E-state index contributed by atoms with van der Waals surface area (Å²) in [5.41, 5.74) is 0.586. The van der Waals surface area contributed by atoms with Gasteiger partial charge in [-0.1, -0.05) is 0 Å². The third-order valence-electron chi connectivity index (χ3n) is 5.30. The van der Waals surface area contributed by atoms with Crippen LogP contribution >= 0.6 is 0 Å². The van der Waals surface area contributed by atoms with Gasteiger partial charge in [0.2, 0.25) is 0 Å². The van der Waals surface area contributed by atoms with E-state index in [1.54, 1.807) is 11.0 Å². The van der Waals surface area contributed by atoms with E-state index < -0.39 is 40.1 Å². The predicted octanol–water partition coefficient (Wildman–Crippen LogP) is 1.72. The van der Waals surface area contributed by atoms with Crippen LogP contribution in [0.25, 0.3) is 4.85 Å². The lowest BCUT2D eigenvalue weighted by Crippen LogP contribution is -2.39. The van der Waals surface area contributed by atoms with Crippen molar-refractivity contribution in [2.24, 2.45) is 5.92 Å². The molecule has 0 radical (unpaired) electrons. The van der Waals surface area contributed by atoms with E-state index in [-0.39, 0.29) is 24.8 Å². The van der Waals surface area contributed by atoms with Crippen LogP contribution in [0.4, 0.5) is 20.6 Å². The van der Waals surface area contributed by atoms with Crippen molar-refractivity contribution in [3.05, 3.63) is 35.4 Å². The molecule has 2 fully saturated rings. The second kappa shape index (κ2) is 9.07. The zero-order valence-electron chi connectivity index (χ0n) is 16.7. The van der Waals surface area contributed by atoms with Gasteiger partial charge in [-0.05, 0) is 31.0 Å². The number of piperidine rings is 1. The molecule has 0 spiro atoms. The Bertz CT molecular complexity index is 1000. The summed E-state index contributed by atoms with van der Waals surface area (Å²) < 4.78 is 46.7. The number of nitrogens with zero attached hydrogens (tertiary/aromatic N) is 3. The molecule has 31 heavy (non-hydrogen) atoms. The van der Waals surface area contributed by atoms with Crippen LogP contribution in [0.15, 0.2) is 18.2 Å². The predicted molar refractivity (Wildman–Crippen MR) is 108 cm³/mol. The molecule has 0 aromatic heterocycles. The third-order valence-corrected chi connectivity index (χ3v) is 5.87. The van der Waals surface area contributed by atoms with Crippen LogP contribution < -0.4 is 9.80 Å². The number of carboxylic acid groups (broad SMARTS) is 1. The Hall–Kier alpha value is -2.91. The lowest BCUT2D eigenvalue weighted by atomic mass is 9.89. The number of hydrogen-bond acceptors (Lipinski definition) is 7. The molecular formula is C19H22FN3O7S. The van der Waals surface area contributed by atoms with Crippen LogP contribution in [0.1, 0.15) is 12.8 Å². The Balaban J connectivity index is 1.64. The first-order valence-electron chi connectivity index (χ1n) is 9.55. The molecule has 1 aromatic rings. The highest BCUT2D eigenvalue weighted by Gasteiger charge is 2.37. The van der Waals surface area contributed by atoms with Crippen molar-refractivity contribution in [2.75, 3.05) is 42.3 Å². The molecular weight excluding hydrogens is 433 g/mol. The SMILES string of the molecule is [C-]#[N+]C(C(=O)O)C1CCN(c2ccc(N3C[C@H](COS(C)(=O)=O)OC3=O)cc2F)CC1. The molecule has 0 aliphatic carbocycles. The molecule has 0 saturated carbocycles. The van der Waals surface area contributed by atoms with Crippen molar-refractivity contribution in [2.45, 2.75) is 25.0 Å². The number of aliphatic carboxylic acids is 1. The van der Waals surface area contributed by atoms with Gasteiger partial charge in [0.25, 0.3) is 10.1 Å². The Morgan fingerprint density at radius 1 is 1.42 bits per heavy atom. The maximum atomic E-state index is 14.8. The number of hydrogen-bond donors (Lipinski definition) is 1. The van der Waals surface area contributed by atoms with Crippen LogP contribution in [-0.2, 0) is 23.8 Å². The van der Waals surface area contributed by atoms with E-state index in [4.69, 9.17) is 16.4 Å². The number of carboxylic acids is 1. The van der Waals surface area contributed by atoms with Crippen LogP contribution in [0.5, 0.6) is 0 Å². The maximum Gasteiger partial charge on any atom is 0.414 e. The summed E-state index contributed by atoms with van der Waals surface area (Å²) in [7, 11) is -3.68. The van der Waals surface area contributed by atoms with Gasteiger partial charge in [0.05, 0.1) is 24.2 Å². The van der Waals surface area contributed by atoms with Gasteiger partial charge >= 0.3 is 18.1 Å². The number of carbonyl (C=O) groups is 2. The fourth-order valence-corrected chi connectivity index (χ4v) is 4.16. The summed E-state index contributed by atoms with van der Waals surface area (Å²) in [6.07, 6.45) is 0.284. The van der Waals surface area contributed by atoms with Gasteiger partial charge < -0.3 is 19.6 Å². The topological polar surface area (TPSA) is 118 Å². The van der Waals surface area contributed by atoms with Gasteiger partial charge in [0.15, 0.2) is 0 Å². The average molecular weight is 455 g/mol. The van der Waals surface area contributed by atoms with E-state index in [0.717, 1.165) is 6.26 Å². The van der Waals surface area contributed by atoms with Crippen LogP contribution in [0, 0.1) is 18.3 Å². The lowest BCUT2D eigenvalue weighted by Gasteiger charge is -2.33. The van der Waals surface area contributed by atoms with E-state index >= 15 is 0 Å². The van der Waals surface area contributed by atoms with Gasteiger partial charge in [0.1, 0.15) is 18.5 Å². The van der Waals surface area contributed by atoms with E-state index in [1.165, 1.54) is 17.0 Å². The molecule has 2 aliphatic rings. The molecule has 1 N–H and O–H groups in total. The fraction of sp³-hybridized carbons (Fsp3) is 0.526. The summed E-state index contributed by atoms with van der Waals surface area (Å²) in [6, 6.07) is 3.20. The molecule has 168 valence electrons. The Kier molecular flexibility index (Phi) is 6.66. The van der Waals surface area contributed by atoms with E-state index in [9.17, 15) is 22.4 Å². The third kappa shape index (κ3) is 5.42. The van der Waals surface area contributed by atoms with Gasteiger partial charge in [-0.3, -0.25) is 9.08 Å². The van der Waals surface area contributed by atoms with E-state index in [2.05, 4.69) is 9.03 Å². The number of halogens is 1. The zero-order valence-corrected chi connectivity index (χ0v) is 17.5. The number of benzene rings is 1. The van der Waals surface area contributed by atoms with Gasteiger partial charge in [-0.15, -0.1) is 0 Å². The second-order valence-electron chi connectivity index (χ2n) is 7.48. The van der Waals surface area contributed by atoms with Crippen molar-refractivity contribution >= 4 is 33.6 Å². The van der Waals surface area contributed by atoms with Crippen molar-refractivity contribution < 1.29 is 36.4 Å². The van der Waals surface area contributed by atoms with Crippen LogP contribution in [0.2, 0.25) is 0 Å². The molecule has 2 atom stereocenters. The lowest BCUT2D eigenvalue weighted by molar-refractivity contribution is -0.138. The minimum Gasteiger partial charge on any atom is -0.476 e. The summed E-state index contributed by atoms with van der Waals surface area (Å²) in [6.45, 7) is 7.58. The molecule has 2 aliphatic heterocycles. The first-order valence-corrected chi connectivity index (χ1v) is 11.4. The molecule has 2 saturated heterocycles. The number of ether oxygens (including phenoxy) is 1. The smallest absolute Gasteiger partial charge is 0.414 e. The van der Waals surface area contributed by atoms with E-state index in [1.807, 2.05) is 0 Å². The molecule has 12 heteroatoms. The monoisotopic (exact) mass is 455 g/mol. The zero-order chi connectivity index (χ0) is 22.8. The summed E-state index contributed by atoms with van der Waals surface area (Å²) in [5, 5.41) is 9.13. The van der Waals surface area contributed by atoms with Gasteiger partial charge in [0, 0.05) is 19.0 Å². The first-order chi connectivity index (χ1) is 14.6.